The van der Waals surface area contributed by atoms with Crippen molar-refractivity contribution in [2.45, 2.75) is 20.0 Å². The first-order valence-electron chi connectivity index (χ1n) is 9.66. The highest BCUT2D eigenvalue weighted by atomic mass is 16.5. The molecule has 0 spiro atoms. The molecule has 3 aromatic carbocycles. The minimum Gasteiger partial charge on any atom is -0.489 e. The summed E-state index contributed by atoms with van der Waals surface area (Å²) in [6.45, 7) is 2.26. The first-order chi connectivity index (χ1) is 14.5. The number of carbonyl (C=O) groups excluding carboxylic acids is 1. The van der Waals surface area contributed by atoms with Crippen LogP contribution in [0.2, 0.25) is 0 Å². The van der Waals surface area contributed by atoms with Crippen LogP contribution in [0.3, 0.4) is 0 Å². The Morgan fingerprint density at radius 2 is 1.70 bits per heavy atom. The van der Waals surface area contributed by atoms with Crippen LogP contribution < -0.4 is 4.74 Å². The van der Waals surface area contributed by atoms with Crippen LogP contribution in [-0.2, 0) is 17.8 Å². The van der Waals surface area contributed by atoms with Crippen molar-refractivity contribution >= 4 is 22.8 Å². The van der Waals surface area contributed by atoms with Gasteiger partial charge in [0.05, 0.1) is 11.9 Å². The van der Waals surface area contributed by atoms with Crippen molar-refractivity contribution in [1.82, 2.24) is 4.57 Å². The number of benzene rings is 3. The van der Waals surface area contributed by atoms with E-state index in [4.69, 9.17) is 9.84 Å². The van der Waals surface area contributed by atoms with Crippen molar-refractivity contribution in [3.05, 3.63) is 101 Å². The molecule has 0 aliphatic rings. The minimum absolute atomic E-state index is 0.0855. The molecule has 0 bridgehead atoms. The molecule has 0 aliphatic heterocycles. The highest BCUT2D eigenvalue weighted by Crippen LogP contribution is 2.26. The molecule has 1 heterocycles. The second kappa shape index (κ2) is 8.25. The van der Waals surface area contributed by atoms with E-state index in [2.05, 4.69) is 0 Å². The third-order valence-corrected chi connectivity index (χ3v) is 4.99. The number of aromatic nitrogens is 1. The highest BCUT2D eigenvalue weighted by molar-refractivity contribution is 6.04. The maximum Gasteiger partial charge on any atom is 0.307 e. The molecule has 4 rings (SSSR count). The number of ether oxygens (including phenoxy) is 1. The van der Waals surface area contributed by atoms with Gasteiger partial charge in [-0.2, -0.15) is 0 Å². The second-order valence-corrected chi connectivity index (χ2v) is 7.15. The van der Waals surface area contributed by atoms with Gasteiger partial charge < -0.3 is 9.84 Å². The fourth-order valence-corrected chi connectivity index (χ4v) is 3.60. The number of carboxylic acids is 1. The van der Waals surface area contributed by atoms with E-state index in [9.17, 15) is 9.59 Å². The number of carbonyl (C=O) groups is 2. The number of hydrogen-bond acceptors (Lipinski definition) is 3. The van der Waals surface area contributed by atoms with E-state index in [1.807, 2.05) is 55.5 Å². The molecular weight excluding hydrogens is 378 g/mol. The van der Waals surface area contributed by atoms with Crippen molar-refractivity contribution in [3.8, 4) is 5.75 Å². The van der Waals surface area contributed by atoms with Gasteiger partial charge in [-0.1, -0.05) is 48.5 Å². The Bertz CT molecular complexity index is 1220. The molecule has 0 aliphatic carbocycles. The van der Waals surface area contributed by atoms with Gasteiger partial charge in [-0.15, -0.1) is 0 Å². The lowest BCUT2D eigenvalue weighted by atomic mass is 10.1. The van der Waals surface area contributed by atoms with Crippen molar-refractivity contribution in [1.29, 1.82) is 0 Å². The summed E-state index contributed by atoms with van der Waals surface area (Å²) < 4.78 is 7.48. The zero-order valence-corrected chi connectivity index (χ0v) is 16.5. The molecule has 0 saturated heterocycles. The molecule has 150 valence electrons. The first kappa shape index (κ1) is 19.5. The number of carboxylic acid groups (broad SMARTS) is 1. The summed E-state index contributed by atoms with van der Waals surface area (Å²) in [5, 5.41) is 9.95. The normalized spacial score (nSPS) is 10.8. The average Bonchev–Trinajstić information content (AvgIpc) is 3.09. The van der Waals surface area contributed by atoms with Crippen molar-refractivity contribution in [2.75, 3.05) is 0 Å². The van der Waals surface area contributed by atoms with Crippen LogP contribution in [0.1, 0.15) is 27.2 Å². The van der Waals surface area contributed by atoms with Crippen LogP contribution in [0.25, 0.3) is 10.9 Å². The fourth-order valence-electron chi connectivity index (χ4n) is 3.60. The van der Waals surface area contributed by atoms with E-state index in [0.717, 1.165) is 16.6 Å². The maximum absolute atomic E-state index is 13.3. The fraction of sp³-hybridized carbons (Fsp3) is 0.120. The minimum atomic E-state index is -0.900. The average molecular weight is 399 g/mol. The summed E-state index contributed by atoms with van der Waals surface area (Å²) in [6.07, 6.45) is -0.0855. The lowest BCUT2D eigenvalue weighted by molar-refractivity contribution is -0.136. The standard InChI is InChI=1S/C25H21NO4/c1-17-13-22-19(15-24(27)28)9-6-12-23(22)26(17)25(29)20-10-5-11-21(14-20)30-16-18-7-3-2-4-8-18/h2-14H,15-16H2,1H3,(H,27,28). The van der Waals surface area contributed by atoms with Crippen LogP contribution >= 0.6 is 0 Å². The Hall–Kier alpha value is -3.86. The van der Waals surface area contributed by atoms with Gasteiger partial charge in [-0.05, 0) is 48.4 Å². The van der Waals surface area contributed by atoms with Crippen LogP contribution in [0, 0.1) is 6.92 Å². The maximum atomic E-state index is 13.3. The second-order valence-electron chi connectivity index (χ2n) is 7.15. The number of rotatable bonds is 6. The lowest BCUT2D eigenvalue weighted by Gasteiger charge is -2.10. The topological polar surface area (TPSA) is 68.5 Å². The van der Waals surface area contributed by atoms with Crippen LogP contribution in [0.15, 0.2) is 78.9 Å². The SMILES string of the molecule is Cc1cc2c(CC(=O)O)cccc2n1C(=O)c1cccc(OCc2ccccc2)c1. The number of aryl methyl sites for hydroxylation is 1. The Morgan fingerprint density at radius 3 is 2.47 bits per heavy atom. The molecular formula is C25H21NO4. The smallest absolute Gasteiger partial charge is 0.307 e. The third-order valence-electron chi connectivity index (χ3n) is 4.99. The predicted octanol–water partition coefficient (Wildman–Crippen LogP) is 4.84. The van der Waals surface area contributed by atoms with E-state index in [1.54, 1.807) is 34.9 Å². The zero-order valence-electron chi connectivity index (χ0n) is 16.5. The van der Waals surface area contributed by atoms with Crippen molar-refractivity contribution in [3.63, 3.8) is 0 Å². The number of hydrogen-bond donors (Lipinski definition) is 1. The Morgan fingerprint density at radius 1 is 0.933 bits per heavy atom. The lowest BCUT2D eigenvalue weighted by Crippen LogP contribution is -2.13. The van der Waals surface area contributed by atoms with Gasteiger partial charge in [0.2, 0.25) is 0 Å². The van der Waals surface area contributed by atoms with E-state index >= 15 is 0 Å². The van der Waals surface area contributed by atoms with Gasteiger partial charge >= 0.3 is 5.97 Å². The monoisotopic (exact) mass is 399 g/mol. The molecule has 0 fully saturated rings. The summed E-state index contributed by atoms with van der Waals surface area (Å²) in [5.74, 6) is -0.465. The van der Waals surface area contributed by atoms with Gasteiger partial charge in [0.15, 0.2) is 0 Å². The number of aliphatic carboxylic acids is 1. The van der Waals surface area contributed by atoms with E-state index < -0.39 is 5.97 Å². The zero-order chi connectivity index (χ0) is 21.1. The molecule has 0 amide bonds. The largest absolute Gasteiger partial charge is 0.489 e. The quantitative estimate of drug-likeness (QED) is 0.504. The van der Waals surface area contributed by atoms with Gasteiger partial charge in [0.1, 0.15) is 12.4 Å². The van der Waals surface area contributed by atoms with E-state index in [1.165, 1.54) is 0 Å². The summed E-state index contributed by atoms with van der Waals surface area (Å²) in [6, 6.07) is 24.2. The molecule has 4 aromatic rings. The predicted molar refractivity (Wildman–Crippen MR) is 115 cm³/mol. The number of nitrogens with zero attached hydrogens (tertiary/aromatic N) is 1. The Kier molecular flexibility index (Phi) is 5.35. The molecule has 5 heteroatoms. The molecule has 0 unspecified atom stereocenters. The van der Waals surface area contributed by atoms with Crippen molar-refractivity contribution < 1.29 is 19.4 Å². The van der Waals surface area contributed by atoms with Gasteiger partial charge in [0, 0.05) is 16.6 Å². The van der Waals surface area contributed by atoms with Crippen molar-refractivity contribution in [2.24, 2.45) is 0 Å². The molecule has 30 heavy (non-hydrogen) atoms. The summed E-state index contributed by atoms with van der Waals surface area (Å²) in [7, 11) is 0. The van der Waals surface area contributed by atoms with E-state index in [-0.39, 0.29) is 12.3 Å². The summed E-state index contributed by atoms with van der Waals surface area (Å²) in [5.41, 5.74) is 3.70. The highest BCUT2D eigenvalue weighted by Gasteiger charge is 2.17. The van der Waals surface area contributed by atoms with E-state index in [0.29, 0.717) is 29.0 Å². The number of fused-ring (bicyclic) bond motifs is 1. The third kappa shape index (κ3) is 3.96. The Balaban J connectivity index is 1.64. The van der Waals surface area contributed by atoms with Crippen LogP contribution in [0.5, 0.6) is 5.75 Å². The molecule has 1 aromatic heterocycles. The molecule has 5 nitrogen and oxygen atoms in total. The van der Waals surface area contributed by atoms with Gasteiger partial charge in [-0.25, -0.2) is 0 Å². The molecule has 0 radical (unpaired) electrons. The summed E-state index contributed by atoms with van der Waals surface area (Å²) >= 11 is 0. The molecule has 1 N–H and O–H groups in total. The molecule has 0 atom stereocenters. The first-order valence-corrected chi connectivity index (χ1v) is 9.66. The van der Waals surface area contributed by atoms with Gasteiger partial charge in [0.25, 0.3) is 5.91 Å². The van der Waals surface area contributed by atoms with Crippen LogP contribution in [0.4, 0.5) is 0 Å². The summed E-state index contributed by atoms with van der Waals surface area (Å²) in [4.78, 5) is 24.5. The molecule has 0 saturated carbocycles. The van der Waals surface area contributed by atoms with Gasteiger partial charge in [-0.3, -0.25) is 14.2 Å². The van der Waals surface area contributed by atoms with Crippen LogP contribution in [-0.4, -0.2) is 21.6 Å². The Labute approximate surface area is 174 Å².